The number of methoxy groups -OCH3 is 1. The minimum atomic E-state index is -0.159. The van der Waals surface area contributed by atoms with E-state index in [2.05, 4.69) is 15.2 Å². The number of nitrogens with zero attached hydrogens (tertiary/aromatic N) is 4. The summed E-state index contributed by atoms with van der Waals surface area (Å²) in [5.74, 6) is 0.422. The molecule has 4 heterocycles. The van der Waals surface area contributed by atoms with E-state index in [1.807, 2.05) is 31.3 Å². The second-order valence-corrected chi connectivity index (χ2v) is 7.91. The number of piperazine rings is 1. The van der Waals surface area contributed by atoms with Crippen LogP contribution in [-0.4, -0.2) is 66.7 Å². The largest absolute Gasteiger partial charge is 0.481 e. The van der Waals surface area contributed by atoms with Gasteiger partial charge in [0.15, 0.2) is 0 Å². The second kappa shape index (κ2) is 8.87. The summed E-state index contributed by atoms with van der Waals surface area (Å²) < 4.78 is 6.88. The molecule has 2 aromatic rings. The molecule has 0 aromatic carbocycles. The molecule has 0 saturated carbocycles. The van der Waals surface area contributed by atoms with E-state index in [1.165, 1.54) is 0 Å². The van der Waals surface area contributed by atoms with Crippen molar-refractivity contribution in [3.63, 3.8) is 0 Å². The Morgan fingerprint density at radius 1 is 1.13 bits per heavy atom. The first-order valence-corrected chi connectivity index (χ1v) is 10.5. The molecule has 0 radical (unpaired) electrons. The van der Waals surface area contributed by atoms with Crippen molar-refractivity contribution in [2.75, 3.05) is 51.3 Å². The lowest BCUT2D eigenvalue weighted by Gasteiger charge is -2.36. The summed E-state index contributed by atoms with van der Waals surface area (Å²) in [4.78, 5) is 34.7. The normalized spacial score (nSPS) is 17.8. The zero-order chi connectivity index (χ0) is 21.1. The van der Waals surface area contributed by atoms with E-state index in [1.54, 1.807) is 22.8 Å². The Morgan fingerprint density at radius 2 is 1.87 bits per heavy atom. The van der Waals surface area contributed by atoms with Crippen molar-refractivity contribution in [2.45, 2.75) is 25.8 Å². The van der Waals surface area contributed by atoms with Crippen molar-refractivity contribution < 1.29 is 9.53 Å². The lowest BCUT2D eigenvalue weighted by molar-refractivity contribution is 0.0743. The minimum Gasteiger partial charge on any atom is -0.481 e. The summed E-state index contributed by atoms with van der Waals surface area (Å²) >= 11 is 0. The first kappa shape index (κ1) is 20.4. The van der Waals surface area contributed by atoms with E-state index in [4.69, 9.17) is 4.74 Å². The van der Waals surface area contributed by atoms with E-state index in [0.717, 1.165) is 37.2 Å². The van der Waals surface area contributed by atoms with Gasteiger partial charge in [0.25, 0.3) is 11.5 Å². The third kappa shape index (κ3) is 4.05. The summed E-state index contributed by atoms with van der Waals surface area (Å²) in [6.45, 7) is 6.20. The molecule has 8 heteroatoms. The molecule has 2 aromatic heterocycles. The summed E-state index contributed by atoms with van der Waals surface area (Å²) in [6, 6.07) is 5.87. The average Bonchev–Trinajstić information content (AvgIpc) is 2.80. The highest BCUT2D eigenvalue weighted by Gasteiger charge is 2.27. The maximum atomic E-state index is 13.3. The molecule has 2 saturated heterocycles. The number of rotatable bonds is 4. The maximum absolute atomic E-state index is 13.3. The van der Waals surface area contributed by atoms with Crippen LogP contribution in [0.1, 0.15) is 34.8 Å². The number of piperidine rings is 1. The van der Waals surface area contributed by atoms with Crippen LogP contribution < -0.4 is 20.5 Å². The van der Waals surface area contributed by atoms with Crippen LogP contribution in [0.25, 0.3) is 0 Å². The van der Waals surface area contributed by atoms with Crippen LogP contribution in [0, 0.1) is 6.92 Å². The number of aryl methyl sites for hydroxylation is 1. The van der Waals surface area contributed by atoms with Crippen molar-refractivity contribution in [2.24, 2.45) is 0 Å². The number of pyridine rings is 2. The van der Waals surface area contributed by atoms with E-state index in [9.17, 15) is 9.59 Å². The Kier molecular flexibility index (Phi) is 6.03. The highest BCUT2D eigenvalue weighted by atomic mass is 16.5. The zero-order valence-corrected chi connectivity index (χ0v) is 17.6. The van der Waals surface area contributed by atoms with E-state index in [0.29, 0.717) is 37.6 Å². The van der Waals surface area contributed by atoms with Crippen LogP contribution in [0.4, 0.5) is 5.69 Å². The number of amides is 1. The number of nitrogens with one attached hydrogen (secondary N) is 1. The molecular formula is C22H29N5O3. The van der Waals surface area contributed by atoms with Gasteiger partial charge >= 0.3 is 0 Å². The molecule has 0 spiro atoms. The molecule has 30 heavy (non-hydrogen) atoms. The molecule has 160 valence electrons. The molecule has 2 aliphatic rings. The molecule has 1 amide bonds. The summed E-state index contributed by atoms with van der Waals surface area (Å²) in [5.41, 5.74) is 1.91. The summed E-state index contributed by atoms with van der Waals surface area (Å²) in [5, 5.41) is 3.32. The van der Waals surface area contributed by atoms with Crippen molar-refractivity contribution >= 4 is 11.6 Å². The number of aromatic nitrogens is 2. The Morgan fingerprint density at radius 3 is 2.50 bits per heavy atom. The van der Waals surface area contributed by atoms with Gasteiger partial charge in [-0.1, -0.05) is 0 Å². The molecule has 0 bridgehead atoms. The number of carbonyl (C=O) groups excluding carboxylic acids is 1. The quantitative estimate of drug-likeness (QED) is 0.820. The van der Waals surface area contributed by atoms with Gasteiger partial charge in [-0.05, 0) is 50.6 Å². The van der Waals surface area contributed by atoms with Crippen LogP contribution in [0.5, 0.6) is 5.88 Å². The highest BCUT2D eigenvalue weighted by molar-refractivity contribution is 5.95. The fourth-order valence-electron chi connectivity index (χ4n) is 4.28. The Labute approximate surface area is 176 Å². The number of anilines is 1. The molecule has 2 aliphatic heterocycles. The van der Waals surface area contributed by atoms with Crippen LogP contribution in [0.15, 0.2) is 35.4 Å². The van der Waals surface area contributed by atoms with Crippen LogP contribution >= 0.6 is 0 Å². The average molecular weight is 412 g/mol. The first-order valence-electron chi connectivity index (χ1n) is 10.5. The van der Waals surface area contributed by atoms with Crippen LogP contribution in [0.3, 0.4) is 0 Å². The number of carbonyl (C=O) groups is 1. The fourth-order valence-corrected chi connectivity index (χ4v) is 4.28. The van der Waals surface area contributed by atoms with Gasteiger partial charge in [-0.25, -0.2) is 4.98 Å². The molecule has 4 rings (SSSR count). The van der Waals surface area contributed by atoms with Gasteiger partial charge in [0.2, 0.25) is 5.88 Å². The fraction of sp³-hybridized carbons (Fsp3) is 0.500. The number of ether oxygens (including phenoxy) is 1. The summed E-state index contributed by atoms with van der Waals surface area (Å²) in [6.07, 6.45) is 5.45. The van der Waals surface area contributed by atoms with Crippen LogP contribution in [-0.2, 0) is 0 Å². The van der Waals surface area contributed by atoms with Gasteiger partial charge in [0.05, 0.1) is 19.0 Å². The zero-order valence-electron chi connectivity index (χ0n) is 17.6. The van der Waals surface area contributed by atoms with E-state index in [-0.39, 0.29) is 17.5 Å². The Hall–Kier alpha value is -2.87. The van der Waals surface area contributed by atoms with Crippen molar-refractivity contribution in [1.82, 2.24) is 19.8 Å². The second-order valence-electron chi connectivity index (χ2n) is 7.91. The molecule has 0 atom stereocenters. The standard InChI is InChI=1S/C22H29N5O3/c1-16-7-10-27(17-5-8-23-9-6-17)22(29)20(16)21(28)26-13-11-25(12-14-26)18-3-4-19(30-2)24-15-18/h3-4,7,10,15,17,23H,5-6,8-9,11-14H2,1-2H3. The van der Waals surface area contributed by atoms with Crippen molar-refractivity contribution in [1.29, 1.82) is 0 Å². The monoisotopic (exact) mass is 411 g/mol. The van der Waals surface area contributed by atoms with Gasteiger partial charge < -0.3 is 24.4 Å². The Balaban J connectivity index is 1.48. The maximum Gasteiger partial charge on any atom is 0.263 e. The Bertz CT molecular complexity index is 942. The molecule has 0 aliphatic carbocycles. The molecule has 8 nitrogen and oxygen atoms in total. The number of hydrogen-bond acceptors (Lipinski definition) is 6. The van der Waals surface area contributed by atoms with Crippen molar-refractivity contribution in [3.8, 4) is 5.88 Å². The smallest absolute Gasteiger partial charge is 0.263 e. The first-order chi connectivity index (χ1) is 14.6. The van der Waals surface area contributed by atoms with Gasteiger partial charge in [0, 0.05) is 44.5 Å². The topological polar surface area (TPSA) is 79.7 Å². The molecule has 2 fully saturated rings. The SMILES string of the molecule is COc1ccc(N2CCN(C(=O)c3c(C)ccn(C4CCNCC4)c3=O)CC2)cn1. The summed E-state index contributed by atoms with van der Waals surface area (Å²) in [7, 11) is 1.59. The third-order valence-electron chi connectivity index (χ3n) is 6.11. The van der Waals surface area contributed by atoms with Gasteiger partial charge in [-0.3, -0.25) is 9.59 Å². The van der Waals surface area contributed by atoms with Crippen molar-refractivity contribution in [3.05, 3.63) is 52.1 Å². The third-order valence-corrected chi connectivity index (χ3v) is 6.11. The van der Waals surface area contributed by atoms with Crippen LogP contribution in [0.2, 0.25) is 0 Å². The minimum absolute atomic E-state index is 0.158. The molecule has 0 unspecified atom stereocenters. The lowest BCUT2D eigenvalue weighted by Crippen LogP contribution is -2.50. The molecule has 1 N–H and O–H groups in total. The lowest BCUT2D eigenvalue weighted by atomic mass is 10.0. The van der Waals surface area contributed by atoms with Gasteiger partial charge in [-0.15, -0.1) is 0 Å². The molecular weight excluding hydrogens is 382 g/mol. The highest BCUT2D eigenvalue weighted by Crippen LogP contribution is 2.20. The predicted molar refractivity (Wildman–Crippen MR) is 115 cm³/mol. The van der Waals surface area contributed by atoms with Gasteiger partial charge in [0.1, 0.15) is 5.56 Å². The van der Waals surface area contributed by atoms with E-state index >= 15 is 0 Å². The van der Waals surface area contributed by atoms with Gasteiger partial charge in [-0.2, -0.15) is 0 Å². The number of hydrogen-bond donors (Lipinski definition) is 1. The van der Waals surface area contributed by atoms with E-state index < -0.39 is 0 Å². The predicted octanol–water partition coefficient (Wildman–Crippen LogP) is 1.45.